The SMILES string of the molecule is C.CC.CCC[C@](O)(c1cccc(OC)c1)C(CC)CN(C)C. The fourth-order valence-corrected chi connectivity index (χ4v) is 2.92. The summed E-state index contributed by atoms with van der Waals surface area (Å²) in [4.78, 5) is 2.15. The number of hydrogen-bond donors (Lipinski definition) is 1. The van der Waals surface area contributed by atoms with Gasteiger partial charge in [-0.25, -0.2) is 0 Å². The molecule has 23 heavy (non-hydrogen) atoms. The fraction of sp³-hybridized carbons (Fsp3) is 0.700. The second kappa shape index (κ2) is 12.4. The van der Waals surface area contributed by atoms with Crippen molar-refractivity contribution in [3.63, 3.8) is 0 Å². The summed E-state index contributed by atoms with van der Waals surface area (Å²) in [5, 5.41) is 11.3. The van der Waals surface area contributed by atoms with E-state index in [-0.39, 0.29) is 13.3 Å². The molecule has 0 aliphatic rings. The highest BCUT2D eigenvalue weighted by Gasteiger charge is 2.37. The molecule has 1 N–H and O–H groups in total. The molecule has 3 heteroatoms. The van der Waals surface area contributed by atoms with Crippen LogP contribution in [0.1, 0.15) is 59.9 Å². The maximum Gasteiger partial charge on any atom is 0.119 e. The van der Waals surface area contributed by atoms with Crippen LogP contribution in [-0.4, -0.2) is 37.8 Å². The molecule has 0 aliphatic heterocycles. The molecule has 0 heterocycles. The standard InChI is InChI=1S/C17H29NO2.C2H6.CH4/c1-6-11-17(19,14(7-2)13-18(3)4)15-9-8-10-16(12-15)20-5;1-2;/h8-10,12,14,19H,6-7,11,13H2,1-5H3;1-2H3;1H4/t14?,17-;;/m1../s1. The molecule has 1 aromatic carbocycles. The number of ether oxygens (including phenoxy) is 1. The molecule has 0 fully saturated rings. The van der Waals surface area contributed by atoms with Gasteiger partial charge < -0.3 is 14.7 Å². The lowest BCUT2D eigenvalue weighted by Gasteiger charge is -2.38. The van der Waals surface area contributed by atoms with E-state index in [2.05, 4.69) is 32.8 Å². The average Bonchev–Trinajstić information content (AvgIpc) is 2.54. The van der Waals surface area contributed by atoms with Crippen molar-refractivity contribution in [3.8, 4) is 5.75 Å². The highest BCUT2D eigenvalue weighted by Crippen LogP contribution is 2.37. The van der Waals surface area contributed by atoms with E-state index in [4.69, 9.17) is 4.74 Å². The van der Waals surface area contributed by atoms with Crippen LogP contribution in [0.2, 0.25) is 0 Å². The summed E-state index contributed by atoms with van der Waals surface area (Å²) in [6.07, 6.45) is 2.68. The van der Waals surface area contributed by atoms with Gasteiger partial charge in [-0.05, 0) is 44.6 Å². The summed E-state index contributed by atoms with van der Waals surface area (Å²) in [5.41, 5.74) is 0.176. The predicted molar refractivity (Wildman–Crippen MR) is 102 cm³/mol. The topological polar surface area (TPSA) is 32.7 Å². The lowest BCUT2D eigenvalue weighted by atomic mass is 9.76. The molecule has 0 saturated carbocycles. The Balaban J connectivity index is 0. The van der Waals surface area contributed by atoms with Gasteiger partial charge in [0.25, 0.3) is 0 Å². The van der Waals surface area contributed by atoms with Gasteiger partial charge in [-0.3, -0.25) is 0 Å². The first-order valence-electron chi connectivity index (χ1n) is 8.49. The Kier molecular flexibility index (Phi) is 13.0. The first-order valence-corrected chi connectivity index (χ1v) is 8.49. The van der Waals surface area contributed by atoms with Crippen LogP contribution in [0.25, 0.3) is 0 Å². The zero-order chi connectivity index (χ0) is 17.2. The van der Waals surface area contributed by atoms with Gasteiger partial charge in [0.15, 0.2) is 0 Å². The Labute approximate surface area is 144 Å². The van der Waals surface area contributed by atoms with Crippen LogP contribution in [0.15, 0.2) is 24.3 Å². The number of nitrogens with zero attached hydrogens (tertiary/aromatic N) is 1. The highest BCUT2D eigenvalue weighted by molar-refractivity contribution is 5.33. The van der Waals surface area contributed by atoms with Crippen LogP contribution in [-0.2, 0) is 5.60 Å². The molecular weight excluding hydrogens is 286 g/mol. The van der Waals surface area contributed by atoms with Crippen LogP contribution < -0.4 is 4.74 Å². The molecule has 1 aromatic rings. The summed E-state index contributed by atoms with van der Waals surface area (Å²) < 4.78 is 5.30. The number of methoxy groups -OCH3 is 1. The number of benzene rings is 1. The molecule has 136 valence electrons. The molecule has 0 amide bonds. The van der Waals surface area contributed by atoms with Gasteiger partial charge in [0.2, 0.25) is 0 Å². The van der Waals surface area contributed by atoms with E-state index in [9.17, 15) is 5.11 Å². The predicted octanol–water partition coefficient (Wildman–Crippen LogP) is 4.93. The van der Waals surface area contributed by atoms with E-state index < -0.39 is 5.60 Å². The second-order valence-corrected chi connectivity index (χ2v) is 5.77. The quantitative estimate of drug-likeness (QED) is 0.735. The molecule has 3 nitrogen and oxygen atoms in total. The summed E-state index contributed by atoms with van der Waals surface area (Å²) >= 11 is 0. The van der Waals surface area contributed by atoms with E-state index >= 15 is 0 Å². The van der Waals surface area contributed by atoms with Crippen molar-refractivity contribution < 1.29 is 9.84 Å². The first-order chi connectivity index (χ1) is 10.5. The summed E-state index contributed by atoms with van der Waals surface area (Å²) in [6.45, 7) is 9.15. The van der Waals surface area contributed by atoms with Crippen molar-refractivity contribution >= 4 is 0 Å². The van der Waals surface area contributed by atoms with Crippen molar-refractivity contribution in [1.29, 1.82) is 0 Å². The van der Waals surface area contributed by atoms with E-state index in [0.717, 1.165) is 37.1 Å². The monoisotopic (exact) mass is 325 g/mol. The maximum atomic E-state index is 11.3. The molecule has 0 spiro atoms. The van der Waals surface area contributed by atoms with Gasteiger partial charge in [-0.1, -0.05) is 53.7 Å². The minimum absolute atomic E-state index is 0. The van der Waals surface area contributed by atoms with Crippen LogP contribution in [0, 0.1) is 5.92 Å². The maximum absolute atomic E-state index is 11.3. The second-order valence-electron chi connectivity index (χ2n) is 5.77. The lowest BCUT2D eigenvalue weighted by Crippen LogP contribution is -2.40. The van der Waals surface area contributed by atoms with Crippen LogP contribution in [0.3, 0.4) is 0 Å². The van der Waals surface area contributed by atoms with E-state index in [1.165, 1.54) is 0 Å². The van der Waals surface area contributed by atoms with Crippen molar-refractivity contribution in [2.24, 2.45) is 5.92 Å². The minimum Gasteiger partial charge on any atom is -0.497 e. The normalized spacial score (nSPS) is 14.1. The van der Waals surface area contributed by atoms with E-state index in [0.29, 0.717) is 0 Å². The highest BCUT2D eigenvalue weighted by atomic mass is 16.5. The van der Waals surface area contributed by atoms with Crippen LogP contribution in [0.4, 0.5) is 0 Å². The van der Waals surface area contributed by atoms with Crippen molar-refractivity contribution in [2.75, 3.05) is 27.7 Å². The molecular formula is C20H39NO2. The van der Waals surface area contributed by atoms with Gasteiger partial charge in [0.05, 0.1) is 12.7 Å². The van der Waals surface area contributed by atoms with E-state index in [1.54, 1.807) is 7.11 Å². The molecule has 0 aliphatic carbocycles. The summed E-state index contributed by atoms with van der Waals surface area (Å²) in [7, 11) is 5.77. The van der Waals surface area contributed by atoms with Gasteiger partial charge in [0.1, 0.15) is 5.75 Å². The molecule has 0 bridgehead atoms. The van der Waals surface area contributed by atoms with Gasteiger partial charge in [-0.15, -0.1) is 0 Å². The van der Waals surface area contributed by atoms with Gasteiger partial charge in [0, 0.05) is 12.5 Å². The number of aliphatic hydroxyl groups is 1. The lowest BCUT2D eigenvalue weighted by molar-refractivity contribution is -0.0428. The molecule has 2 atom stereocenters. The molecule has 1 rings (SSSR count). The smallest absolute Gasteiger partial charge is 0.119 e. The Bertz CT molecular complexity index is 406. The largest absolute Gasteiger partial charge is 0.497 e. The number of hydrogen-bond acceptors (Lipinski definition) is 3. The van der Waals surface area contributed by atoms with Gasteiger partial charge in [-0.2, -0.15) is 0 Å². The zero-order valence-electron chi connectivity index (χ0n) is 15.5. The van der Waals surface area contributed by atoms with Crippen molar-refractivity contribution in [3.05, 3.63) is 29.8 Å². The Hall–Kier alpha value is -1.06. The first kappa shape index (κ1) is 24.2. The van der Waals surface area contributed by atoms with Crippen molar-refractivity contribution in [2.45, 2.75) is 60.0 Å². The average molecular weight is 326 g/mol. The van der Waals surface area contributed by atoms with Crippen LogP contribution in [0.5, 0.6) is 5.75 Å². The third-order valence-corrected chi connectivity index (χ3v) is 3.95. The van der Waals surface area contributed by atoms with Crippen LogP contribution >= 0.6 is 0 Å². The third kappa shape index (κ3) is 6.92. The third-order valence-electron chi connectivity index (χ3n) is 3.95. The Morgan fingerprint density at radius 1 is 1.22 bits per heavy atom. The molecule has 1 unspecified atom stereocenters. The Morgan fingerprint density at radius 3 is 2.26 bits per heavy atom. The summed E-state index contributed by atoms with van der Waals surface area (Å²) in [6, 6.07) is 7.85. The van der Waals surface area contributed by atoms with Crippen molar-refractivity contribution in [1.82, 2.24) is 4.90 Å². The molecule has 0 radical (unpaired) electrons. The van der Waals surface area contributed by atoms with Gasteiger partial charge >= 0.3 is 0 Å². The molecule has 0 aromatic heterocycles. The zero-order valence-corrected chi connectivity index (χ0v) is 15.5. The number of rotatable bonds is 8. The Morgan fingerprint density at radius 2 is 1.83 bits per heavy atom. The minimum atomic E-state index is -0.789. The van der Waals surface area contributed by atoms with E-state index in [1.807, 2.05) is 38.1 Å². The molecule has 0 saturated heterocycles. The fourth-order valence-electron chi connectivity index (χ4n) is 2.92. The summed E-state index contributed by atoms with van der Waals surface area (Å²) in [5.74, 6) is 1.02.